The van der Waals surface area contributed by atoms with Crippen LogP contribution in [0.5, 0.6) is 11.5 Å². The van der Waals surface area contributed by atoms with E-state index in [0.717, 1.165) is 15.8 Å². The molecular formula is C18H18N2O3S. The highest BCUT2D eigenvalue weighted by atomic mass is 32.1. The molecule has 1 heterocycles. The summed E-state index contributed by atoms with van der Waals surface area (Å²) in [6, 6.07) is 9.38. The number of benzene rings is 2. The van der Waals surface area contributed by atoms with Crippen molar-refractivity contribution in [2.45, 2.75) is 13.8 Å². The number of amides is 1. The van der Waals surface area contributed by atoms with E-state index in [1.165, 1.54) is 31.1 Å². The zero-order valence-electron chi connectivity index (χ0n) is 14.0. The summed E-state index contributed by atoms with van der Waals surface area (Å²) < 4.78 is 11.6. The summed E-state index contributed by atoms with van der Waals surface area (Å²) in [5.41, 5.74) is 3.53. The van der Waals surface area contributed by atoms with Gasteiger partial charge in [0.25, 0.3) is 5.91 Å². The average Bonchev–Trinajstić information content (AvgIpc) is 2.96. The molecular weight excluding hydrogens is 324 g/mol. The molecule has 0 saturated heterocycles. The van der Waals surface area contributed by atoms with Gasteiger partial charge in [-0.05, 0) is 43.2 Å². The summed E-state index contributed by atoms with van der Waals surface area (Å²) in [6.07, 6.45) is 0. The van der Waals surface area contributed by atoms with Crippen LogP contribution in [0.1, 0.15) is 21.5 Å². The molecule has 3 aromatic rings. The van der Waals surface area contributed by atoms with E-state index in [1.807, 2.05) is 13.8 Å². The Balaban J connectivity index is 1.97. The number of methoxy groups -OCH3 is 2. The Bertz CT molecular complexity index is 896. The Morgan fingerprint density at radius 2 is 1.79 bits per heavy atom. The van der Waals surface area contributed by atoms with Gasteiger partial charge in [-0.2, -0.15) is 0 Å². The van der Waals surface area contributed by atoms with Gasteiger partial charge in [0.05, 0.1) is 24.4 Å². The Morgan fingerprint density at radius 1 is 1.12 bits per heavy atom. The van der Waals surface area contributed by atoms with Gasteiger partial charge in [-0.1, -0.05) is 23.5 Å². The fourth-order valence-corrected chi connectivity index (χ4v) is 3.70. The molecule has 1 aromatic heterocycles. The van der Waals surface area contributed by atoms with E-state index in [-0.39, 0.29) is 5.91 Å². The van der Waals surface area contributed by atoms with Gasteiger partial charge in [-0.3, -0.25) is 10.1 Å². The van der Waals surface area contributed by atoms with Crippen molar-refractivity contribution in [2.75, 3.05) is 19.5 Å². The van der Waals surface area contributed by atoms with Crippen LogP contribution in [0.15, 0.2) is 30.3 Å². The van der Waals surface area contributed by atoms with Crippen LogP contribution in [0.2, 0.25) is 0 Å². The summed E-state index contributed by atoms with van der Waals surface area (Å²) in [7, 11) is 3.05. The molecule has 0 spiro atoms. The molecule has 0 unspecified atom stereocenters. The van der Waals surface area contributed by atoms with Gasteiger partial charge in [0.15, 0.2) is 5.13 Å². The van der Waals surface area contributed by atoms with E-state index >= 15 is 0 Å². The number of rotatable bonds is 4. The van der Waals surface area contributed by atoms with Crippen molar-refractivity contribution in [1.29, 1.82) is 0 Å². The quantitative estimate of drug-likeness (QED) is 0.772. The van der Waals surface area contributed by atoms with Gasteiger partial charge in [0.2, 0.25) is 0 Å². The molecule has 0 bridgehead atoms. The first-order valence-electron chi connectivity index (χ1n) is 7.43. The van der Waals surface area contributed by atoms with Crippen LogP contribution in [0.25, 0.3) is 10.2 Å². The van der Waals surface area contributed by atoms with Crippen molar-refractivity contribution in [1.82, 2.24) is 4.98 Å². The molecule has 1 N–H and O–H groups in total. The SMILES string of the molecule is COc1cccc(OC)c1C(=O)Nc1nc2c(C)cc(C)cc2s1. The predicted molar refractivity (Wildman–Crippen MR) is 96.6 cm³/mol. The van der Waals surface area contributed by atoms with Crippen LogP contribution in [0.3, 0.4) is 0 Å². The molecule has 5 nitrogen and oxygen atoms in total. The van der Waals surface area contributed by atoms with E-state index in [2.05, 4.69) is 22.4 Å². The molecule has 0 radical (unpaired) electrons. The lowest BCUT2D eigenvalue weighted by molar-refractivity contribution is 0.102. The fourth-order valence-electron chi connectivity index (χ4n) is 2.66. The maximum Gasteiger partial charge on any atom is 0.265 e. The van der Waals surface area contributed by atoms with E-state index in [0.29, 0.717) is 22.2 Å². The third-order valence-electron chi connectivity index (χ3n) is 3.71. The number of aromatic nitrogens is 1. The summed E-state index contributed by atoms with van der Waals surface area (Å²) in [4.78, 5) is 17.2. The first-order chi connectivity index (χ1) is 11.5. The first kappa shape index (κ1) is 16.3. The fraction of sp³-hybridized carbons (Fsp3) is 0.222. The third kappa shape index (κ3) is 2.92. The number of nitrogens with zero attached hydrogens (tertiary/aromatic N) is 1. The van der Waals surface area contributed by atoms with Crippen molar-refractivity contribution < 1.29 is 14.3 Å². The number of anilines is 1. The van der Waals surface area contributed by atoms with Crippen LogP contribution >= 0.6 is 11.3 Å². The van der Waals surface area contributed by atoms with Crippen LogP contribution in [0, 0.1) is 13.8 Å². The number of carbonyl (C=O) groups is 1. The molecule has 0 saturated carbocycles. The lowest BCUT2D eigenvalue weighted by Gasteiger charge is -2.11. The summed E-state index contributed by atoms with van der Waals surface area (Å²) in [5, 5.41) is 3.40. The normalized spacial score (nSPS) is 10.7. The summed E-state index contributed by atoms with van der Waals surface area (Å²) in [6.45, 7) is 4.06. The van der Waals surface area contributed by atoms with Gasteiger partial charge in [0, 0.05) is 0 Å². The molecule has 0 aliphatic carbocycles. The van der Waals surface area contributed by atoms with Crippen molar-refractivity contribution in [3.8, 4) is 11.5 Å². The first-order valence-corrected chi connectivity index (χ1v) is 8.25. The number of aryl methyl sites for hydroxylation is 2. The van der Waals surface area contributed by atoms with Crippen LogP contribution in [-0.2, 0) is 0 Å². The minimum atomic E-state index is -0.308. The minimum Gasteiger partial charge on any atom is -0.496 e. The highest BCUT2D eigenvalue weighted by molar-refractivity contribution is 7.22. The molecule has 2 aromatic carbocycles. The van der Waals surface area contributed by atoms with Crippen LogP contribution in [-0.4, -0.2) is 25.1 Å². The zero-order valence-corrected chi connectivity index (χ0v) is 14.8. The lowest BCUT2D eigenvalue weighted by atomic mass is 10.1. The molecule has 124 valence electrons. The largest absolute Gasteiger partial charge is 0.496 e. The number of hydrogen-bond donors (Lipinski definition) is 1. The number of ether oxygens (including phenoxy) is 2. The van der Waals surface area contributed by atoms with E-state index in [1.54, 1.807) is 18.2 Å². The number of nitrogens with one attached hydrogen (secondary N) is 1. The number of thiazole rings is 1. The zero-order chi connectivity index (χ0) is 17.3. The Labute approximate surface area is 144 Å². The highest BCUT2D eigenvalue weighted by Gasteiger charge is 2.19. The molecule has 6 heteroatoms. The molecule has 1 amide bonds. The second kappa shape index (κ2) is 6.49. The summed E-state index contributed by atoms with van der Waals surface area (Å²) >= 11 is 1.45. The molecule has 0 fully saturated rings. The standard InChI is InChI=1S/C18H18N2O3S/c1-10-8-11(2)16-14(9-10)24-18(19-16)20-17(21)15-12(22-3)6-5-7-13(15)23-4/h5-9H,1-4H3,(H,19,20,21). The summed E-state index contributed by atoms with van der Waals surface area (Å²) in [5.74, 6) is 0.609. The molecule has 3 rings (SSSR count). The lowest BCUT2D eigenvalue weighted by Crippen LogP contribution is -2.14. The maximum absolute atomic E-state index is 12.7. The second-order valence-corrected chi connectivity index (χ2v) is 6.47. The molecule has 0 aliphatic rings. The van der Waals surface area contributed by atoms with Gasteiger partial charge < -0.3 is 9.47 Å². The Morgan fingerprint density at radius 3 is 2.42 bits per heavy atom. The highest BCUT2D eigenvalue weighted by Crippen LogP contribution is 2.32. The van der Waals surface area contributed by atoms with E-state index < -0.39 is 0 Å². The minimum absolute atomic E-state index is 0.308. The van der Waals surface area contributed by atoms with Gasteiger partial charge in [-0.25, -0.2) is 4.98 Å². The van der Waals surface area contributed by atoms with E-state index in [9.17, 15) is 4.79 Å². The van der Waals surface area contributed by atoms with Gasteiger partial charge in [0.1, 0.15) is 17.1 Å². The number of fused-ring (bicyclic) bond motifs is 1. The Hall–Kier alpha value is -2.60. The van der Waals surface area contributed by atoms with Crippen molar-refractivity contribution >= 4 is 32.6 Å². The monoisotopic (exact) mass is 342 g/mol. The van der Waals surface area contributed by atoms with Crippen molar-refractivity contribution in [3.63, 3.8) is 0 Å². The van der Waals surface area contributed by atoms with Crippen LogP contribution < -0.4 is 14.8 Å². The van der Waals surface area contributed by atoms with E-state index in [4.69, 9.17) is 9.47 Å². The molecule has 24 heavy (non-hydrogen) atoms. The second-order valence-electron chi connectivity index (χ2n) is 5.44. The average molecular weight is 342 g/mol. The smallest absolute Gasteiger partial charge is 0.265 e. The number of hydrogen-bond acceptors (Lipinski definition) is 5. The van der Waals surface area contributed by atoms with Gasteiger partial charge in [-0.15, -0.1) is 0 Å². The van der Waals surface area contributed by atoms with Gasteiger partial charge >= 0.3 is 0 Å². The van der Waals surface area contributed by atoms with Crippen molar-refractivity contribution in [3.05, 3.63) is 47.0 Å². The third-order valence-corrected chi connectivity index (χ3v) is 4.62. The van der Waals surface area contributed by atoms with Crippen LogP contribution in [0.4, 0.5) is 5.13 Å². The topological polar surface area (TPSA) is 60.5 Å². The number of carbonyl (C=O) groups excluding carboxylic acids is 1. The predicted octanol–water partition coefficient (Wildman–Crippen LogP) is 4.18. The Kier molecular flexibility index (Phi) is 4.40. The molecule has 0 atom stereocenters. The van der Waals surface area contributed by atoms with Crippen molar-refractivity contribution in [2.24, 2.45) is 0 Å². The molecule has 0 aliphatic heterocycles. The maximum atomic E-state index is 12.7.